The Hall–Kier alpha value is -2.89. The summed E-state index contributed by atoms with van der Waals surface area (Å²) in [4.78, 5) is 7.13. The van der Waals surface area contributed by atoms with Crippen LogP contribution in [0.2, 0.25) is 0 Å². The van der Waals surface area contributed by atoms with Gasteiger partial charge in [0.2, 0.25) is 0 Å². The first-order valence-corrected chi connectivity index (χ1v) is 8.43. The molecule has 1 aromatic carbocycles. The number of nitrogens with one attached hydrogen (secondary N) is 2. The van der Waals surface area contributed by atoms with Gasteiger partial charge in [-0.2, -0.15) is 35.8 Å². The molecule has 1 atom stereocenters. The number of rotatable bonds is 6. The largest absolute Gasteiger partial charge is 0.453 e. The molecule has 0 unspecified atom stereocenters. The highest BCUT2D eigenvalue weighted by Gasteiger charge is 2.39. The minimum Gasteiger partial charge on any atom is -0.368 e. The Balaban J connectivity index is 1.79. The fourth-order valence-corrected chi connectivity index (χ4v) is 2.58. The highest BCUT2D eigenvalue weighted by Crippen LogP contribution is 2.27. The lowest BCUT2D eigenvalue weighted by Crippen LogP contribution is -2.46. The Morgan fingerprint density at radius 3 is 2.34 bits per heavy atom. The van der Waals surface area contributed by atoms with E-state index in [1.165, 1.54) is 13.0 Å². The summed E-state index contributed by atoms with van der Waals surface area (Å²) in [5, 5.41) is 8.23. The van der Waals surface area contributed by atoms with Gasteiger partial charge in [-0.05, 0) is 12.5 Å². The summed E-state index contributed by atoms with van der Waals surface area (Å²) in [5.41, 5.74) is 0.942. The third kappa shape index (κ3) is 5.13. The second-order valence-electron chi connectivity index (χ2n) is 6.27. The minimum atomic E-state index is -4.80. The van der Waals surface area contributed by atoms with Crippen molar-refractivity contribution in [2.24, 2.45) is 0 Å². The molecule has 29 heavy (non-hydrogen) atoms. The van der Waals surface area contributed by atoms with Crippen LogP contribution >= 0.6 is 0 Å². The molecule has 0 radical (unpaired) electrons. The molecule has 3 aromatic rings. The summed E-state index contributed by atoms with van der Waals surface area (Å²) in [6.07, 6.45) is -9.38. The monoisotopic (exact) mass is 418 g/mol. The van der Waals surface area contributed by atoms with E-state index < -0.39 is 30.8 Å². The number of benzene rings is 1. The molecule has 0 aliphatic carbocycles. The Bertz CT molecular complexity index is 966. The average Bonchev–Trinajstić information content (AvgIpc) is 3.05. The number of aryl methyl sites for hydroxylation is 1. The standard InChI is InChI=1S/C17H16F6N6/c1-10-7-13(29-15(26-10)27-14(28-29)17(21,22)23)25-9-12(16(18,19)20)24-8-11-5-3-2-4-6-11/h2-7,12,24-25H,8-9H2,1H3/t12-/m1/s1. The van der Waals surface area contributed by atoms with Crippen molar-refractivity contribution in [2.75, 3.05) is 11.9 Å². The summed E-state index contributed by atoms with van der Waals surface area (Å²) in [5.74, 6) is -1.86. The summed E-state index contributed by atoms with van der Waals surface area (Å²) < 4.78 is 79.4. The van der Waals surface area contributed by atoms with Gasteiger partial charge in [0.25, 0.3) is 11.6 Å². The highest BCUT2D eigenvalue weighted by molar-refractivity contribution is 5.45. The van der Waals surface area contributed by atoms with Crippen LogP contribution in [-0.4, -0.2) is 38.3 Å². The van der Waals surface area contributed by atoms with Gasteiger partial charge >= 0.3 is 12.4 Å². The molecule has 0 saturated carbocycles. The van der Waals surface area contributed by atoms with E-state index in [1.807, 2.05) is 0 Å². The molecule has 2 N–H and O–H groups in total. The zero-order valence-corrected chi connectivity index (χ0v) is 15.0. The van der Waals surface area contributed by atoms with Crippen LogP contribution in [0.15, 0.2) is 36.4 Å². The van der Waals surface area contributed by atoms with Gasteiger partial charge in [-0.3, -0.25) is 0 Å². The normalized spacial score (nSPS) is 13.6. The van der Waals surface area contributed by atoms with Crippen LogP contribution in [0.3, 0.4) is 0 Å². The minimum absolute atomic E-state index is 0.0287. The first kappa shape index (κ1) is 20.8. The molecule has 6 nitrogen and oxygen atoms in total. The summed E-state index contributed by atoms with van der Waals surface area (Å²) in [7, 11) is 0. The lowest BCUT2D eigenvalue weighted by atomic mass is 10.2. The van der Waals surface area contributed by atoms with E-state index in [1.54, 1.807) is 30.3 Å². The van der Waals surface area contributed by atoms with Crippen molar-refractivity contribution in [3.8, 4) is 0 Å². The highest BCUT2D eigenvalue weighted by atomic mass is 19.4. The van der Waals surface area contributed by atoms with E-state index >= 15 is 0 Å². The molecule has 0 bridgehead atoms. The predicted octanol–water partition coefficient (Wildman–Crippen LogP) is 3.58. The second kappa shape index (κ2) is 7.85. The zero-order valence-electron chi connectivity index (χ0n) is 15.0. The molecular formula is C17H16F6N6. The zero-order chi connectivity index (χ0) is 21.2. The fourth-order valence-electron chi connectivity index (χ4n) is 2.58. The Morgan fingerprint density at radius 2 is 1.72 bits per heavy atom. The molecule has 0 spiro atoms. The maximum absolute atomic E-state index is 13.4. The Labute approximate surface area is 161 Å². The molecule has 2 aromatic heterocycles. The van der Waals surface area contributed by atoms with Gasteiger partial charge in [0, 0.05) is 24.8 Å². The predicted molar refractivity (Wildman–Crippen MR) is 92.1 cm³/mol. The van der Waals surface area contributed by atoms with E-state index in [2.05, 4.69) is 25.7 Å². The number of nitrogens with zero attached hydrogens (tertiary/aromatic N) is 4. The number of aromatic nitrogens is 4. The Morgan fingerprint density at radius 1 is 1.03 bits per heavy atom. The maximum atomic E-state index is 13.4. The van der Waals surface area contributed by atoms with Gasteiger partial charge in [-0.1, -0.05) is 30.3 Å². The van der Waals surface area contributed by atoms with Gasteiger partial charge in [0.05, 0.1) is 0 Å². The van der Waals surface area contributed by atoms with Crippen molar-refractivity contribution in [3.05, 3.63) is 53.5 Å². The number of alkyl halides is 6. The topological polar surface area (TPSA) is 67.1 Å². The summed E-state index contributed by atoms with van der Waals surface area (Å²) >= 11 is 0. The van der Waals surface area contributed by atoms with Crippen LogP contribution < -0.4 is 10.6 Å². The molecular weight excluding hydrogens is 402 g/mol. The number of hydrogen-bond acceptors (Lipinski definition) is 5. The van der Waals surface area contributed by atoms with Crippen LogP contribution in [0.5, 0.6) is 0 Å². The summed E-state index contributed by atoms with van der Waals surface area (Å²) in [6, 6.07) is 7.87. The van der Waals surface area contributed by atoms with E-state index in [-0.39, 0.29) is 23.8 Å². The van der Waals surface area contributed by atoms with E-state index in [0.717, 1.165) is 4.52 Å². The molecule has 2 heterocycles. The quantitative estimate of drug-likeness (QED) is 0.599. The molecule has 0 amide bonds. The number of hydrogen-bond donors (Lipinski definition) is 2. The SMILES string of the molecule is Cc1cc(NC[C@@H](NCc2ccccc2)C(F)(F)F)n2nc(C(F)(F)F)nc2n1. The molecule has 0 aliphatic heterocycles. The molecule has 156 valence electrons. The van der Waals surface area contributed by atoms with Gasteiger partial charge < -0.3 is 10.6 Å². The van der Waals surface area contributed by atoms with Crippen LogP contribution in [0, 0.1) is 6.92 Å². The van der Waals surface area contributed by atoms with Crippen molar-refractivity contribution < 1.29 is 26.3 Å². The van der Waals surface area contributed by atoms with Crippen molar-refractivity contribution in [1.29, 1.82) is 0 Å². The maximum Gasteiger partial charge on any atom is 0.453 e. The lowest BCUT2D eigenvalue weighted by molar-refractivity contribution is -0.152. The third-order valence-corrected chi connectivity index (χ3v) is 3.97. The van der Waals surface area contributed by atoms with Gasteiger partial charge in [-0.25, -0.2) is 4.98 Å². The first-order valence-electron chi connectivity index (χ1n) is 8.43. The molecule has 0 fully saturated rings. The van der Waals surface area contributed by atoms with Gasteiger partial charge in [0.15, 0.2) is 0 Å². The molecule has 0 aliphatic rings. The van der Waals surface area contributed by atoms with E-state index in [0.29, 0.717) is 5.56 Å². The average molecular weight is 418 g/mol. The third-order valence-electron chi connectivity index (χ3n) is 3.97. The lowest BCUT2D eigenvalue weighted by Gasteiger charge is -2.22. The first-order chi connectivity index (χ1) is 13.5. The van der Waals surface area contributed by atoms with Crippen molar-refractivity contribution in [2.45, 2.75) is 31.9 Å². The second-order valence-corrected chi connectivity index (χ2v) is 6.27. The smallest absolute Gasteiger partial charge is 0.368 e. The van der Waals surface area contributed by atoms with Gasteiger partial charge in [-0.15, -0.1) is 5.10 Å². The van der Waals surface area contributed by atoms with Crippen molar-refractivity contribution in [3.63, 3.8) is 0 Å². The number of halogens is 6. The fraction of sp³-hybridized carbons (Fsp3) is 0.353. The molecule has 12 heteroatoms. The van der Waals surface area contributed by atoms with E-state index in [9.17, 15) is 26.3 Å². The molecule has 3 rings (SSSR count). The number of anilines is 1. The van der Waals surface area contributed by atoms with Crippen LogP contribution in [0.25, 0.3) is 5.78 Å². The Kier molecular flexibility index (Phi) is 5.64. The number of fused-ring (bicyclic) bond motifs is 1. The van der Waals surface area contributed by atoms with E-state index in [4.69, 9.17) is 0 Å². The van der Waals surface area contributed by atoms with Crippen molar-refractivity contribution >= 4 is 11.6 Å². The van der Waals surface area contributed by atoms with Crippen LogP contribution in [-0.2, 0) is 12.7 Å². The molecule has 0 saturated heterocycles. The van der Waals surface area contributed by atoms with Crippen LogP contribution in [0.4, 0.5) is 32.2 Å². The van der Waals surface area contributed by atoms with Crippen LogP contribution in [0.1, 0.15) is 17.1 Å². The van der Waals surface area contributed by atoms with Crippen molar-refractivity contribution in [1.82, 2.24) is 24.9 Å². The summed E-state index contributed by atoms with van der Waals surface area (Å²) in [6.45, 7) is 0.830. The van der Waals surface area contributed by atoms with Gasteiger partial charge in [0.1, 0.15) is 11.9 Å².